The quantitative estimate of drug-likeness (QED) is 0.875. The molecule has 2 N–H and O–H groups in total. The van der Waals surface area contributed by atoms with Gasteiger partial charge >= 0.3 is 6.03 Å². The van der Waals surface area contributed by atoms with E-state index in [1.165, 1.54) is 19.3 Å². The molecule has 4 rings (SSSR count). The molecule has 4 nitrogen and oxygen atoms in total. The van der Waals surface area contributed by atoms with Crippen LogP contribution in [0.1, 0.15) is 30.4 Å². The molecular formula is C17H19N3O. The first-order chi connectivity index (χ1) is 10.2. The SMILES string of the molecule is Cc1ccc(C#N)cc1NC(=O)NC1[C@@H]2[C@H]3CC[C@@H](C3)[C@@H]12. The molecule has 108 valence electrons. The highest BCUT2D eigenvalue weighted by atomic mass is 16.2. The molecule has 1 aromatic rings. The molecule has 0 saturated heterocycles. The average molecular weight is 281 g/mol. The summed E-state index contributed by atoms with van der Waals surface area (Å²) in [5, 5.41) is 15.0. The zero-order valence-corrected chi connectivity index (χ0v) is 12.1. The van der Waals surface area contributed by atoms with Gasteiger partial charge in [-0.3, -0.25) is 0 Å². The van der Waals surface area contributed by atoms with Crippen LogP contribution in [0.2, 0.25) is 0 Å². The Bertz CT molecular complexity index is 632. The van der Waals surface area contributed by atoms with Gasteiger partial charge in [-0.25, -0.2) is 4.79 Å². The molecule has 2 amide bonds. The highest BCUT2D eigenvalue weighted by Gasteiger charge is 2.65. The van der Waals surface area contributed by atoms with Gasteiger partial charge in [-0.15, -0.1) is 0 Å². The third-order valence-electron chi connectivity index (χ3n) is 5.65. The van der Waals surface area contributed by atoms with Crippen molar-refractivity contribution in [2.45, 2.75) is 32.2 Å². The summed E-state index contributed by atoms with van der Waals surface area (Å²) < 4.78 is 0. The molecular weight excluding hydrogens is 262 g/mol. The van der Waals surface area contributed by atoms with Crippen LogP contribution in [0.5, 0.6) is 0 Å². The third-order valence-corrected chi connectivity index (χ3v) is 5.65. The number of fused-ring (bicyclic) bond motifs is 5. The minimum absolute atomic E-state index is 0.132. The predicted molar refractivity (Wildman–Crippen MR) is 79.6 cm³/mol. The average Bonchev–Trinajstić information content (AvgIpc) is 2.86. The molecule has 0 aliphatic heterocycles. The molecule has 3 saturated carbocycles. The van der Waals surface area contributed by atoms with Crippen molar-refractivity contribution >= 4 is 11.7 Å². The Morgan fingerprint density at radius 3 is 2.67 bits per heavy atom. The van der Waals surface area contributed by atoms with Crippen molar-refractivity contribution in [2.75, 3.05) is 5.32 Å². The first kappa shape index (κ1) is 12.7. The fourth-order valence-corrected chi connectivity index (χ4v) is 4.65. The van der Waals surface area contributed by atoms with Gasteiger partial charge in [0.1, 0.15) is 0 Å². The van der Waals surface area contributed by atoms with E-state index in [0.717, 1.165) is 34.9 Å². The van der Waals surface area contributed by atoms with Gasteiger partial charge in [0.2, 0.25) is 0 Å². The summed E-state index contributed by atoms with van der Waals surface area (Å²) >= 11 is 0. The lowest BCUT2D eigenvalue weighted by molar-refractivity contribution is 0.249. The van der Waals surface area contributed by atoms with Crippen molar-refractivity contribution < 1.29 is 4.79 Å². The van der Waals surface area contributed by atoms with E-state index in [9.17, 15) is 4.79 Å². The maximum atomic E-state index is 12.2. The molecule has 1 aromatic carbocycles. The van der Waals surface area contributed by atoms with Crippen molar-refractivity contribution in [3.05, 3.63) is 29.3 Å². The predicted octanol–water partition coefficient (Wildman–Crippen LogP) is 3.03. The fraction of sp³-hybridized carbons (Fsp3) is 0.529. The largest absolute Gasteiger partial charge is 0.335 e. The van der Waals surface area contributed by atoms with E-state index in [4.69, 9.17) is 5.26 Å². The summed E-state index contributed by atoms with van der Waals surface area (Å²) in [4.78, 5) is 12.2. The van der Waals surface area contributed by atoms with Crippen LogP contribution in [-0.2, 0) is 0 Å². The second-order valence-electron chi connectivity index (χ2n) is 6.75. The number of aryl methyl sites for hydroxylation is 1. The molecule has 0 aromatic heterocycles. The summed E-state index contributed by atoms with van der Waals surface area (Å²) in [5.74, 6) is 3.19. The first-order valence-electron chi connectivity index (χ1n) is 7.75. The molecule has 0 radical (unpaired) electrons. The molecule has 4 heteroatoms. The number of benzene rings is 1. The maximum Gasteiger partial charge on any atom is 0.319 e. The van der Waals surface area contributed by atoms with E-state index < -0.39 is 0 Å². The zero-order chi connectivity index (χ0) is 14.6. The van der Waals surface area contributed by atoms with Gasteiger partial charge in [-0.05, 0) is 67.6 Å². The van der Waals surface area contributed by atoms with E-state index in [0.29, 0.717) is 11.6 Å². The highest BCUT2D eigenvalue weighted by Crippen LogP contribution is 2.65. The van der Waals surface area contributed by atoms with Crippen LogP contribution in [0, 0.1) is 41.9 Å². The Morgan fingerprint density at radius 1 is 1.29 bits per heavy atom. The molecule has 3 aliphatic rings. The topological polar surface area (TPSA) is 64.9 Å². The molecule has 0 unspecified atom stereocenters. The highest BCUT2D eigenvalue weighted by molar-refractivity contribution is 5.90. The molecule has 2 bridgehead atoms. The van der Waals surface area contributed by atoms with Gasteiger partial charge in [0.05, 0.1) is 11.6 Å². The lowest BCUT2D eigenvalue weighted by Gasteiger charge is -2.13. The number of anilines is 1. The van der Waals surface area contributed by atoms with Crippen molar-refractivity contribution in [1.29, 1.82) is 5.26 Å². The van der Waals surface area contributed by atoms with Crippen LogP contribution in [0.3, 0.4) is 0 Å². The summed E-state index contributed by atoms with van der Waals surface area (Å²) in [6.45, 7) is 1.93. The molecule has 4 atom stereocenters. The smallest absolute Gasteiger partial charge is 0.319 e. The number of nitrogens with zero attached hydrogens (tertiary/aromatic N) is 1. The number of nitriles is 1. The van der Waals surface area contributed by atoms with E-state index in [1.807, 2.05) is 13.0 Å². The van der Waals surface area contributed by atoms with Crippen molar-refractivity contribution in [1.82, 2.24) is 5.32 Å². The second-order valence-corrected chi connectivity index (χ2v) is 6.75. The van der Waals surface area contributed by atoms with E-state index >= 15 is 0 Å². The molecule has 3 fully saturated rings. The Hall–Kier alpha value is -2.02. The van der Waals surface area contributed by atoms with Crippen LogP contribution in [0.15, 0.2) is 18.2 Å². The Kier molecular flexibility index (Phi) is 2.72. The molecule has 21 heavy (non-hydrogen) atoms. The second kappa shape index (κ2) is 4.49. The summed E-state index contributed by atoms with van der Waals surface area (Å²) in [6, 6.07) is 7.71. The molecule has 3 aliphatic carbocycles. The van der Waals surface area contributed by atoms with Crippen LogP contribution in [0.25, 0.3) is 0 Å². The number of rotatable bonds is 2. The minimum Gasteiger partial charge on any atom is -0.335 e. The maximum absolute atomic E-state index is 12.2. The zero-order valence-electron chi connectivity index (χ0n) is 12.1. The first-order valence-corrected chi connectivity index (χ1v) is 7.75. The van der Waals surface area contributed by atoms with Gasteiger partial charge in [0.15, 0.2) is 0 Å². The standard InChI is InChI=1S/C17H19N3O/c1-9-2-3-10(8-18)6-13(9)19-17(21)20-16-14-11-4-5-12(7-11)15(14)16/h2-3,6,11-12,14-16H,4-5,7H2,1H3,(H2,19,20,21)/t11-,12-,14+,15+/m0/s1. The van der Waals surface area contributed by atoms with Crippen LogP contribution in [0.4, 0.5) is 10.5 Å². The van der Waals surface area contributed by atoms with Gasteiger partial charge in [0, 0.05) is 11.7 Å². The lowest BCUT2D eigenvalue weighted by Crippen LogP contribution is -2.34. The lowest BCUT2D eigenvalue weighted by atomic mass is 10.0. The van der Waals surface area contributed by atoms with E-state index in [1.54, 1.807) is 12.1 Å². The number of carbonyl (C=O) groups is 1. The molecule has 0 heterocycles. The van der Waals surface area contributed by atoms with Crippen LogP contribution in [-0.4, -0.2) is 12.1 Å². The Balaban J connectivity index is 1.40. The monoisotopic (exact) mass is 281 g/mol. The third kappa shape index (κ3) is 1.99. The van der Waals surface area contributed by atoms with Gasteiger partial charge in [0.25, 0.3) is 0 Å². The van der Waals surface area contributed by atoms with E-state index in [2.05, 4.69) is 16.7 Å². The fourth-order valence-electron chi connectivity index (χ4n) is 4.65. The Morgan fingerprint density at radius 2 is 2.00 bits per heavy atom. The van der Waals surface area contributed by atoms with Gasteiger partial charge in [-0.2, -0.15) is 5.26 Å². The number of hydrogen-bond donors (Lipinski definition) is 2. The summed E-state index contributed by atoms with van der Waals surface area (Å²) in [5.41, 5.74) is 2.26. The summed E-state index contributed by atoms with van der Waals surface area (Å²) in [6.07, 6.45) is 4.10. The van der Waals surface area contributed by atoms with Crippen LogP contribution >= 0.6 is 0 Å². The van der Waals surface area contributed by atoms with E-state index in [-0.39, 0.29) is 6.03 Å². The minimum atomic E-state index is -0.132. The van der Waals surface area contributed by atoms with Crippen LogP contribution < -0.4 is 10.6 Å². The molecule has 0 spiro atoms. The van der Waals surface area contributed by atoms with Gasteiger partial charge < -0.3 is 10.6 Å². The normalized spacial score (nSPS) is 35.0. The van der Waals surface area contributed by atoms with Crippen molar-refractivity contribution in [3.63, 3.8) is 0 Å². The van der Waals surface area contributed by atoms with Crippen molar-refractivity contribution in [3.8, 4) is 6.07 Å². The van der Waals surface area contributed by atoms with Crippen molar-refractivity contribution in [2.24, 2.45) is 23.7 Å². The number of nitrogens with one attached hydrogen (secondary N) is 2. The van der Waals surface area contributed by atoms with Gasteiger partial charge in [-0.1, -0.05) is 6.07 Å². The number of amides is 2. The Labute approximate surface area is 124 Å². The summed E-state index contributed by atoms with van der Waals surface area (Å²) in [7, 11) is 0. The number of hydrogen-bond acceptors (Lipinski definition) is 2. The number of urea groups is 1. The number of carbonyl (C=O) groups excluding carboxylic acids is 1.